The van der Waals surface area contributed by atoms with Gasteiger partial charge in [0.1, 0.15) is 40.3 Å². The van der Waals surface area contributed by atoms with E-state index in [0.29, 0.717) is 0 Å². The molecule has 20 rings (SSSR count). The van der Waals surface area contributed by atoms with Gasteiger partial charge in [-0.3, -0.25) is 0 Å². The number of aromatic nitrogens is 6. The zero-order chi connectivity index (χ0) is 82.2. The van der Waals surface area contributed by atoms with Gasteiger partial charge in [-0.2, -0.15) is 19.9 Å². The maximum atomic E-state index is 12.0. The molecule has 12 nitrogen and oxygen atoms in total. The minimum atomic E-state index is -1.30. The summed E-state index contributed by atoms with van der Waals surface area (Å²) in [5.74, 6) is 0.801. The zero-order valence-corrected chi connectivity index (χ0v) is 77.9. The number of phenolic OH excluding ortho intramolecular Hbond substituents is 2. The Morgan fingerprint density at radius 3 is 0.843 bits per heavy atom. The summed E-state index contributed by atoms with van der Waals surface area (Å²) in [6, 6.07) is 102. The van der Waals surface area contributed by atoms with Gasteiger partial charge in [-0.05, 0) is 156 Å². The van der Waals surface area contributed by atoms with Gasteiger partial charge >= 0.3 is 20.2 Å². The fourth-order valence-corrected chi connectivity index (χ4v) is 22.2. The summed E-state index contributed by atoms with van der Waals surface area (Å²) in [6.07, 6.45) is 0. The van der Waals surface area contributed by atoms with Gasteiger partial charge in [0.15, 0.2) is 0 Å². The van der Waals surface area contributed by atoms with E-state index in [9.17, 15) is 30.6 Å². The van der Waals surface area contributed by atoms with Crippen molar-refractivity contribution in [1.29, 1.82) is 0 Å². The topological polar surface area (TPSA) is 215 Å². The van der Waals surface area contributed by atoms with E-state index in [1.165, 1.54) is 53.2 Å². The number of aromatic hydroxyl groups is 2. The van der Waals surface area contributed by atoms with Crippen molar-refractivity contribution in [2.75, 3.05) is 0 Å². The number of para-hydroxylation sites is 6. The summed E-state index contributed by atoms with van der Waals surface area (Å²) in [5, 5.41) is 75.7. The van der Waals surface area contributed by atoms with Crippen molar-refractivity contribution in [3.8, 4) is 120 Å². The second-order valence-corrected chi connectivity index (χ2v) is 46.7. The van der Waals surface area contributed by atoms with Crippen molar-refractivity contribution in [2.45, 2.75) is 53.1 Å². The molecule has 0 bridgehead atoms. The second-order valence-electron chi connectivity index (χ2n) is 30.3. The van der Waals surface area contributed by atoms with Crippen molar-refractivity contribution in [3.05, 3.63) is 327 Å². The van der Waals surface area contributed by atoms with E-state index < -0.39 is 16.1 Å². The zero-order valence-electron chi connectivity index (χ0n) is 68.0. The van der Waals surface area contributed by atoms with Crippen LogP contribution in [0.4, 0.5) is 0 Å². The molecule has 0 atom stereocenters. The number of aromatic amines is 4. The van der Waals surface area contributed by atoms with Gasteiger partial charge in [0.2, 0.25) is 22.1 Å². The van der Waals surface area contributed by atoms with Crippen LogP contribution in [-0.2, 0) is 19.5 Å². The minimum absolute atomic E-state index is 0. The molecular formula is C98H82Be2N6O6S6Si2Zn+4. The van der Waals surface area contributed by atoms with Gasteiger partial charge in [0.25, 0.3) is 20.0 Å². The minimum Gasteiger partial charge on any atom is -0.872 e. The summed E-state index contributed by atoms with van der Waals surface area (Å²) in [5.41, 5.74) is 18.1. The molecule has 6 N–H and O–H groups in total. The van der Waals surface area contributed by atoms with Crippen LogP contribution in [0.25, 0.3) is 147 Å². The maximum Gasteiger partial charge on any atom is 2.00 e. The number of phenols is 2. The number of nitrogens with zero attached hydrogens (tertiary/aromatic N) is 2. The van der Waals surface area contributed by atoms with Crippen LogP contribution >= 0.6 is 68.0 Å². The van der Waals surface area contributed by atoms with E-state index in [-0.39, 0.29) is 74.2 Å². The van der Waals surface area contributed by atoms with Crippen LogP contribution in [0.15, 0.2) is 315 Å². The molecular weight excluding hydrogens is 1690 g/mol. The van der Waals surface area contributed by atoms with Gasteiger partial charge in [-0.1, -0.05) is 300 Å². The first-order valence-corrected chi connectivity index (χ1v) is 50.2. The van der Waals surface area contributed by atoms with Crippen LogP contribution in [-0.4, -0.2) is 56.6 Å². The molecule has 0 aliphatic heterocycles. The van der Waals surface area contributed by atoms with E-state index in [1.54, 1.807) is 129 Å². The first-order chi connectivity index (χ1) is 57.0. The van der Waals surface area contributed by atoms with Crippen LogP contribution in [0.1, 0.15) is 11.1 Å². The van der Waals surface area contributed by atoms with Crippen LogP contribution in [0, 0.1) is 13.8 Å². The Bertz CT molecular complexity index is 6560. The molecule has 14 aromatic carbocycles. The Hall–Kier alpha value is -11.4. The first kappa shape index (κ1) is 88.9. The molecule has 6 aromatic heterocycles. The molecule has 0 saturated heterocycles. The fraction of sp³-hybridized carbons (Fsp3) is 0.0816. The molecule has 0 radical (unpaired) electrons. The molecule has 6 heterocycles. The number of thiazole rings is 6. The number of aryl methyl sites for hydroxylation is 2. The van der Waals surface area contributed by atoms with Crippen molar-refractivity contribution in [3.63, 3.8) is 0 Å². The maximum absolute atomic E-state index is 12.0. The normalized spacial score (nSPS) is 11.0. The molecule has 0 amide bonds. The molecule has 586 valence electrons. The number of hydrogen-bond acceptors (Lipinski definition) is 14. The Kier molecular flexibility index (Phi) is 29.0. The number of rotatable bonds is 10. The first-order valence-electron chi connectivity index (χ1n) is 38.3. The molecule has 20 aromatic rings. The summed E-state index contributed by atoms with van der Waals surface area (Å²) in [6.45, 7) is 18.2. The van der Waals surface area contributed by atoms with Crippen LogP contribution in [0.2, 0.25) is 39.3 Å². The molecule has 23 heteroatoms. The third-order valence-electron chi connectivity index (χ3n) is 19.6. The Balaban J connectivity index is 0.000000133. The van der Waals surface area contributed by atoms with Crippen molar-refractivity contribution in [1.82, 2.24) is 9.97 Å². The van der Waals surface area contributed by atoms with E-state index >= 15 is 0 Å². The van der Waals surface area contributed by atoms with Crippen molar-refractivity contribution < 1.29 is 70.1 Å². The molecule has 0 aliphatic rings. The molecule has 0 saturated carbocycles. The fourth-order valence-electron chi connectivity index (χ4n) is 13.1. The number of benzene rings is 14. The quantitative estimate of drug-likeness (QED) is 0.125. The summed E-state index contributed by atoms with van der Waals surface area (Å²) < 4.78 is 7.07. The molecule has 0 fully saturated rings. The second kappa shape index (κ2) is 39.4. The van der Waals surface area contributed by atoms with Crippen LogP contribution in [0.5, 0.6) is 34.5 Å². The predicted octanol–water partition coefficient (Wildman–Crippen LogP) is 21.4. The summed E-state index contributed by atoms with van der Waals surface area (Å²) in [7, 11) is -2.60. The number of nitrogens with one attached hydrogen (secondary N) is 4. The van der Waals surface area contributed by atoms with E-state index in [1.807, 2.05) is 133 Å². The Morgan fingerprint density at radius 1 is 0.273 bits per heavy atom. The number of hydrogen-bond donors (Lipinski definition) is 2. The van der Waals surface area contributed by atoms with E-state index in [4.69, 9.17) is 0 Å². The van der Waals surface area contributed by atoms with Crippen molar-refractivity contribution in [2.24, 2.45) is 0 Å². The molecule has 0 aliphatic carbocycles. The van der Waals surface area contributed by atoms with Gasteiger partial charge in [-0.25, -0.2) is 9.97 Å². The smallest absolute Gasteiger partial charge is 0.872 e. The SMILES string of the molecule is C[Si](C)(C)c1ccc2[nH+]c(-c3ccccc3[O-])sc2c1.C[Si](C)(C)c1ccc2[nH+]c(-c3ccccc3[O-])sc2c1.Cc1ccc2nc(-c3ccccc3O)sc2c1.Cc1ccc2nc(-c3ccccc3O)sc2c1.[Be+2].[Be+2].[O-]c1ccccc1-c1[nH+]c2ccc(-c3ccccc3)cc2s1.[O-]c1ccccc1-c1[nH+]c2ccc(-c3ccccc3)cc2s1.[Zn]. The van der Waals surface area contributed by atoms with Gasteiger partial charge < -0.3 is 30.6 Å². The average Bonchev–Trinajstić information content (AvgIpc) is 1.65. The third kappa shape index (κ3) is 21.3. The molecule has 0 unspecified atom stereocenters. The third-order valence-corrected chi connectivity index (χ3v) is 30.1. The molecule has 0 spiro atoms. The van der Waals surface area contributed by atoms with Gasteiger partial charge in [0.05, 0.1) is 47.7 Å². The standard InChI is InChI=1S/2C19H13NOS.2C16H17NOSSi.2C14H11NOS.2Be.Zn/c2*21-17-9-5-4-8-15(17)19-20-16-11-10-14(12-18(16)22-19)13-6-2-1-3-7-13;2*1-20(2,3)11-8-9-13-15(10-11)19-16(17-13)12-6-4-5-7-14(12)18;2*1-9-6-7-11-13(8-9)17-14(15-11)10-4-2-3-5-12(10)16;;;/h2*1-12,21H;2*4-10,18H,1-3H3;2*2-8,16H,1H3;;;/q;;;;;;2*+2;. The number of H-pyrrole nitrogens is 4. The van der Waals surface area contributed by atoms with E-state index in [0.717, 1.165) is 115 Å². The largest absolute Gasteiger partial charge is 2.00 e. The van der Waals surface area contributed by atoms with E-state index in [2.05, 4.69) is 204 Å². The van der Waals surface area contributed by atoms with Crippen LogP contribution < -0.4 is 50.7 Å². The summed E-state index contributed by atoms with van der Waals surface area (Å²) in [4.78, 5) is 22.5. The van der Waals surface area contributed by atoms with Crippen LogP contribution in [0.3, 0.4) is 0 Å². The average molecular weight is 1770 g/mol. The Morgan fingerprint density at radius 2 is 0.545 bits per heavy atom. The predicted molar refractivity (Wildman–Crippen MR) is 504 cm³/mol. The van der Waals surface area contributed by atoms with Gasteiger partial charge in [-0.15, -0.1) is 22.7 Å². The summed E-state index contributed by atoms with van der Waals surface area (Å²) >= 11 is 9.77. The van der Waals surface area contributed by atoms with Gasteiger partial charge in [0, 0.05) is 66.0 Å². The number of fused-ring (bicyclic) bond motifs is 6. The van der Waals surface area contributed by atoms with Crippen molar-refractivity contribution >= 4 is 176 Å². The Labute approximate surface area is 749 Å². The monoisotopic (exact) mass is 1770 g/mol. The molecule has 121 heavy (non-hydrogen) atoms.